The first-order chi connectivity index (χ1) is 9.04. The maximum Gasteiger partial charge on any atom is 0.229 e. The van der Waals surface area contributed by atoms with Crippen molar-refractivity contribution >= 4 is 11.6 Å². The van der Waals surface area contributed by atoms with Crippen LogP contribution in [-0.4, -0.2) is 57.7 Å². The van der Waals surface area contributed by atoms with Crippen molar-refractivity contribution in [3.8, 4) is 5.75 Å². The van der Waals surface area contributed by atoms with Crippen LogP contribution in [0.5, 0.6) is 5.75 Å². The van der Waals surface area contributed by atoms with Crippen molar-refractivity contribution in [1.82, 2.24) is 0 Å². The van der Waals surface area contributed by atoms with Gasteiger partial charge in [-0.3, -0.25) is 0 Å². The summed E-state index contributed by atoms with van der Waals surface area (Å²) in [7, 11) is 0. The first-order valence-electron chi connectivity index (χ1n) is 5.76. The number of ether oxygens (including phenoxy) is 2. The summed E-state index contributed by atoms with van der Waals surface area (Å²) in [5.41, 5.74) is 0. The predicted octanol–water partition coefficient (Wildman–Crippen LogP) is -0.481. The van der Waals surface area contributed by atoms with E-state index in [-0.39, 0.29) is 5.75 Å². The lowest BCUT2D eigenvalue weighted by Crippen LogP contribution is -2.60. The molecular formula is C12H15ClO6. The van der Waals surface area contributed by atoms with Crippen molar-refractivity contribution in [3.05, 3.63) is 29.3 Å². The van der Waals surface area contributed by atoms with Gasteiger partial charge in [0.2, 0.25) is 6.29 Å². The van der Waals surface area contributed by atoms with E-state index in [0.717, 1.165) is 0 Å². The number of benzene rings is 1. The minimum Gasteiger partial charge on any atom is -0.460 e. The molecule has 5 atom stereocenters. The topological polar surface area (TPSA) is 99.4 Å². The van der Waals surface area contributed by atoms with Crippen LogP contribution < -0.4 is 4.74 Å². The molecule has 106 valence electrons. The highest BCUT2D eigenvalue weighted by atomic mass is 35.5. The molecule has 0 bridgehead atoms. The van der Waals surface area contributed by atoms with Crippen molar-refractivity contribution < 1.29 is 29.9 Å². The fourth-order valence-electron chi connectivity index (χ4n) is 1.83. The van der Waals surface area contributed by atoms with Crippen molar-refractivity contribution in [3.63, 3.8) is 0 Å². The molecule has 1 aliphatic heterocycles. The van der Waals surface area contributed by atoms with Crippen LogP contribution >= 0.6 is 11.6 Å². The Morgan fingerprint density at radius 3 is 2.42 bits per heavy atom. The number of hydrogen-bond donors (Lipinski definition) is 4. The second-order valence-electron chi connectivity index (χ2n) is 4.25. The van der Waals surface area contributed by atoms with E-state index in [1.165, 1.54) is 0 Å². The van der Waals surface area contributed by atoms with E-state index in [0.29, 0.717) is 5.02 Å². The Morgan fingerprint density at radius 1 is 1.11 bits per heavy atom. The first-order valence-corrected chi connectivity index (χ1v) is 6.14. The fraction of sp³-hybridized carbons (Fsp3) is 0.500. The summed E-state index contributed by atoms with van der Waals surface area (Å²) in [6.45, 7) is -0.507. The van der Waals surface area contributed by atoms with Crippen molar-refractivity contribution in [1.29, 1.82) is 0 Å². The Morgan fingerprint density at radius 2 is 1.79 bits per heavy atom. The lowest BCUT2D eigenvalue weighted by Gasteiger charge is -2.39. The zero-order valence-corrected chi connectivity index (χ0v) is 10.6. The molecule has 0 aliphatic carbocycles. The zero-order valence-electron chi connectivity index (χ0n) is 9.89. The predicted molar refractivity (Wildman–Crippen MR) is 65.8 cm³/mol. The van der Waals surface area contributed by atoms with Gasteiger partial charge in [-0.2, -0.15) is 0 Å². The molecule has 0 radical (unpaired) electrons. The van der Waals surface area contributed by atoms with Gasteiger partial charge in [0, 0.05) is 0 Å². The van der Waals surface area contributed by atoms with E-state index in [1.807, 2.05) is 0 Å². The highest BCUT2D eigenvalue weighted by molar-refractivity contribution is 6.32. The van der Waals surface area contributed by atoms with E-state index in [1.54, 1.807) is 24.3 Å². The minimum atomic E-state index is -1.47. The van der Waals surface area contributed by atoms with Gasteiger partial charge in [0.1, 0.15) is 30.2 Å². The highest BCUT2D eigenvalue weighted by Gasteiger charge is 2.44. The molecule has 1 aromatic rings. The maximum absolute atomic E-state index is 9.79. The molecule has 1 aromatic carbocycles. The van der Waals surface area contributed by atoms with Gasteiger partial charge in [-0.15, -0.1) is 0 Å². The summed E-state index contributed by atoms with van der Waals surface area (Å²) in [5, 5.41) is 38.4. The highest BCUT2D eigenvalue weighted by Crippen LogP contribution is 2.28. The second-order valence-corrected chi connectivity index (χ2v) is 4.65. The Labute approximate surface area is 114 Å². The van der Waals surface area contributed by atoms with Gasteiger partial charge in [-0.25, -0.2) is 0 Å². The maximum atomic E-state index is 9.79. The van der Waals surface area contributed by atoms with E-state index >= 15 is 0 Å². The lowest BCUT2D eigenvalue weighted by molar-refractivity contribution is -0.277. The minimum absolute atomic E-state index is 0.272. The normalized spacial score (nSPS) is 35.1. The molecular weight excluding hydrogens is 276 g/mol. The fourth-order valence-corrected chi connectivity index (χ4v) is 2.01. The molecule has 6 nitrogen and oxygen atoms in total. The molecule has 0 aromatic heterocycles. The quantitative estimate of drug-likeness (QED) is 0.600. The van der Waals surface area contributed by atoms with Crippen molar-refractivity contribution in [2.24, 2.45) is 0 Å². The van der Waals surface area contributed by atoms with Gasteiger partial charge in [0.15, 0.2) is 0 Å². The van der Waals surface area contributed by atoms with E-state index in [2.05, 4.69) is 0 Å². The summed E-state index contributed by atoms with van der Waals surface area (Å²) in [6.07, 6.45) is -6.57. The molecule has 0 amide bonds. The summed E-state index contributed by atoms with van der Waals surface area (Å²) >= 11 is 5.90. The summed E-state index contributed by atoms with van der Waals surface area (Å²) < 4.78 is 10.6. The average molecular weight is 291 g/mol. The Hall–Kier alpha value is -0.890. The van der Waals surface area contributed by atoms with E-state index in [4.69, 9.17) is 26.2 Å². The summed E-state index contributed by atoms with van der Waals surface area (Å²) in [4.78, 5) is 0. The smallest absolute Gasteiger partial charge is 0.229 e. The van der Waals surface area contributed by atoms with Crippen LogP contribution in [0.4, 0.5) is 0 Å². The molecule has 1 heterocycles. The number of hydrogen-bond acceptors (Lipinski definition) is 6. The third-order valence-electron chi connectivity index (χ3n) is 2.93. The molecule has 7 heteroatoms. The van der Waals surface area contributed by atoms with Crippen LogP contribution in [-0.2, 0) is 4.74 Å². The van der Waals surface area contributed by atoms with Crippen LogP contribution in [0.15, 0.2) is 24.3 Å². The third kappa shape index (κ3) is 3.00. The molecule has 1 unspecified atom stereocenters. The van der Waals surface area contributed by atoms with Crippen LogP contribution in [0.1, 0.15) is 0 Å². The molecule has 0 spiro atoms. The summed E-state index contributed by atoms with van der Waals surface area (Å²) in [6, 6.07) is 6.57. The van der Waals surface area contributed by atoms with Crippen molar-refractivity contribution in [2.75, 3.05) is 6.61 Å². The molecule has 19 heavy (non-hydrogen) atoms. The number of halogens is 1. The SMILES string of the molecule is OC[C@H]1OC(Oc2ccccc2Cl)[C@H](O)[C@H](O)[C@H]1O. The van der Waals surface area contributed by atoms with Gasteiger partial charge in [-0.05, 0) is 12.1 Å². The van der Waals surface area contributed by atoms with E-state index in [9.17, 15) is 15.3 Å². The van der Waals surface area contributed by atoms with Crippen LogP contribution in [0, 0.1) is 0 Å². The van der Waals surface area contributed by atoms with Crippen LogP contribution in [0.3, 0.4) is 0 Å². The number of aliphatic hydroxyl groups is 4. The van der Waals surface area contributed by atoms with Crippen molar-refractivity contribution in [2.45, 2.75) is 30.7 Å². The van der Waals surface area contributed by atoms with Gasteiger partial charge in [-0.1, -0.05) is 23.7 Å². The van der Waals surface area contributed by atoms with Gasteiger partial charge < -0.3 is 29.9 Å². The summed E-state index contributed by atoms with van der Waals surface area (Å²) in [5.74, 6) is 0.272. The first kappa shape index (κ1) is 14.5. The average Bonchev–Trinajstić information content (AvgIpc) is 2.41. The van der Waals surface area contributed by atoms with Gasteiger partial charge in [0.05, 0.1) is 11.6 Å². The molecule has 1 saturated heterocycles. The van der Waals surface area contributed by atoms with Gasteiger partial charge in [0.25, 0.3) is 0 Å². The second kappa shape index (κ2) is 6.04. The largest absolute Gasteiger partial charge is 0.460 e. The Balaban J connectivity index is 2.13. The Kier molecular flexibility index (Phi) is 4.62. The number of para-hydroxylation sites is 1. The van der Waals surface area contributed by atoms with Crippen LogP contribution in [0.25, 0.3) is 0 Å². The van der Waals surface area contributed by atoms with E-state index < -0.39 is 37.3 Å². The molecule has 2 rings (SSSR count). The zero-order chi connectivity index (χ0) is 14.0. The molecule has 0 saturated carbocycles. The van der Waals surface area contributed by atoms with Gasteiger partial charge >= 0.3 is 0 Å². The molecule has 1 aliphatic rings. The number of aliphatic hydroxyl groups excluding tert-OH is 4. The molecule has 1 fully saturated rings. The molecule has 4 N–H and O–H groups in total. The third-order valence-corrected chi connectivity index (χ3v) is 3.24. The Bertz CT molecular complexity index is 426. The van der Waals surface area contributed by atoms with Crippen LogP contribution in [0.2, 0.25) is 5.02 Å². The monoisotopic (exact) mass is 290 g/mol. The lowest BCUT2D eigenvalue weighted by atomic mass is 9.99. The standard InChI is InChI=1S/C12H15ClO6/c13-6-3-1-2-4-7(6)18-12-11(17)10(16)9(15)8(5-14)19-12/h1-4,8-12,14-17H,5H2/t8-,9+,10-,11-,12?/m1/s1. The number of rotatable bonds is 3.